The number of hydrogen-bond acceptors (Lipinski definition) is 2. The van der Waals surface area contributed by atoms with Gasteiger partial charge >= 0.3 is 0 Å². The molecule has 0 N–H and O–H groups in total. The van der Waals surface area contributed by atoms with E-state index < -0.39 is 10.0 Å². The van der Waals surface area contributed by atoms with Gasteiger partial charge in [0.1, 0.15) is 0 Å². The fourth-order valence-electron chi connectivity index (χ4n) is 1.47. The van der Waals surface area contributed by atoms with Crippen LogP contribution in [0, 0.1) is 0 Å². The molecule has 0 fully saturated rings. The molecule has 0 unspecified atom stereocenters. The second kappa shape index (κ2) is 6.73. The highest BCUT2D eigenvalue weighted by Crippen LogP contribution is 2.19. The molecule has 0 spiro atoms. The highest BCUT2D eigenvalue weighted by molar-refractivity contribution is 9.09. The molecule has 0 aliphatic carbocycles. The highest BCUT2D eigenvalue weighted by atomic mass is 79.9. The smallest absolute Gasteiger partial charge is 0.207 e. The first-order chi connectivity index (χ1) is 8.02. The van der Waals surface area contributed by atoms with Gasteiger partial charge in [-0.2, -0.15) is 4.31 Å². The van der Waals surface area contributed by atoms with Gasteiger partial charge in [0.05, 0.1) is 4.90 Å². The summed E-state index contributed by atoms with van der Waals surface area (Å²) in [5.74, 6) is 0. The molecule has 96 valence electrons. The van der Waals surface area contributed by atoms with Gasteiger partial charge in [0.25, 0.3) is 0 Å². The number of nitrogens with zero attached hydrogens (tertiary/aromatic N) is 1. The van der Waals surface area contributed by atoms with Gasteiger partial charge in [-0.3, -0.25) is 0 Å². The predicted molar refractivity (Wildman–Crippen MR) is 74.3 cm³/mol. The molecular formula is C11H15BrClNO2S. The van der Waals surface area contributed by atoms with Gasteiger partial charge in [-0.05, 0) is 24.6 Å². The van der Waals surface area contributed by atoms with Crippen LogP contribution in [0.2, 0.25) is 5.02 Å². The molecule has 0 atom stereocenters. The van der Waals surface area contributed by atoms with Crippen molar-refractivity contribution in [2.45, 2.75) is 18.2 Å². The van der Waals surface area contributed by atoms with Crippen molar-refractivity contribution in [2.24, 2.45) is 0 Å². The number of hydrogen-bond donors (Lipinski definition) is 0. The maximum atomic E-state index is 12.3. The summed E-state index contributed by atoms with van der Waals surface area (Å²) in [5, 5.41) is 1.05. The van der Waals surface area contributed by atoms with Gasteiger partial charge < -0.3 is 0 Å². The zero-order chi connectivity index (χ0) is 12.9. The standard InChI is InChI=1S/C11H15BrClNO2S/c1-2-7-14(8-6-12)17(15,16)11-5-3-4-10(13)9-11/h3-5,9H,2,6-8H2,1H3. The van der Waals surface area contributed by atoms with Crippen LogP contribution in [0.1, 0.15) is 13.3 Å². The number of sulfonamides is 1. The van der Waals surface area contributed by atoms with E-state index in [0.29, 0.717) is 23.4 Å². The van der Waals surface area contributed by atoms with Crippen LogP contribution in [0.5, 0.6) is 0 Å². The molecule has 0 amide bonds. The van der Waals surface area contributed by atoms with Crippen molar-refractivity contribution in [2.75, 3.05) is 18.4 Å². The first-order valence-corrected chi connectivity index (χ1v) is 8.28. The Labute approximate surface area is 116 Å². The molecule has 0 aliphatic heterocycles. The maximum absolute atomic E-state index is 12.3. The third-order valence-electron chi connectivity index (χ3n) is 2.24. The second-order valence-electron chi connectivity index (χ2n) is 3.55. The van der Waals surface area contributed by atoms with Crippen molar-refractivity contribution in [3.05, 3.63) is 29.3 Å². The van der Waals surface area contributed by atoms with Crippen LogP contribution in [-0.4, -0.2) is 31.1 Å². The molecular weight excluding hydrogens is 326 g/mol. The van der Waals surface area contributed by atoms with Crippen LogP contribution in [-0.2, 0) is 10.0 Å². The van der Waals surface area contributed by atoms with E-state index in [-0.39, 0.29) is 4.90 Å². The molecule has 1 aromatic rings. The Morgan fingerprint density at radius 3 is 2.59 bits per heavy atom. The lowest BCUT2D eigenvalue weighted by Gasteiger charge is -2.20. The quantitative estimate of drug-likeness (QED) is 0.746. The van der Waals surface area contributed by atoms with Crippen molar-refractivity contribution in [1.29, 1.82) is 0 Å². The Morgan fingerprint density at radius 2 is 2.06 bits per heavy atom. The molecule has 1 aromatic carbocycles. The van der Waals surface area contributed by atoms with Crippen molar-refractivity contribution in [3.8, 4) is 0 Å². The van der Waals surface area contributed by atoms with Crippen molar-refractivity contribution >= 4 is 37.6 Å². The number of halogens is 2. The minimum atomic E-state index is -3.43. The molecule has 0 aliphatic rings. The zero-order valence-corrected chi connectivity index (χ0v) is 12.7. The summed E-state index contributed by atoms with van der Waals surface area (Å²) >= 11 is 9.08. The first-order valence-electron chi connectivity index (χ1n) is 5.34. The number of rotatable bonds is 6. The van der Waals surface area contributed by atoms with Crippen LogP contribution in [0.4, 0.5) is 0 Å². The lowest BCUT2D eigenvalue weighted by molar-refractivity contribution is 0.430. The van der Waals surface area contributed by atoms with Gasteiger partial charge in [-0.25, -0.2) is 8.42 Å². The van der Waals surface area contributed by atoms with E-state index >= 15 is 0 Å². The second-order valence-corrected chi connectivity index (χ2v) is 6.72. The Kier molecular flexibility index (Phi) is 5.92. The van der Waals surface area contributed by atoms with Gasteiger partial charge in [0.2, 0.25) is 10.0 Å². The average Bonchev–Trinajstić information content (AvgIpc) is 2.29. The van der Waals surface area contributed by atoms with Crippen LogP contribution < -0.4 is 0 Å². The monoisotopic (exact) mass is 339 g/mol. The lowest BCUT2D eigenvalue weighted by Crippen LogP contribution is -2.33. The predicted octanol–water partition coefficient (Wildman–Crippen LogP) is 3.14. The lowest BCUT2D eigenvalue weighted by atomic mass is 10.4. The molecule has 0 bridgehead atoms. The Hall–Kier alpha value is -0.100. The molecule has 6 heteroatoms. The van der Waals surface area contributed by atoms with E-state index in [1.807, 2.05) is 6.92 Å². The Bertz CT molecular complexity index is 458. The summed E-state index contributed by atoms with van der Waals surface area (Å²) in [6, 6.07) is 6.36. The number of alkyl halides is 1. The summed E-state index contributed by atoms with van der Waals surface area (Å²) in [4.78, 5) is 0.249. The fraction of sp³-hybridized carbons (Fsp3) is 0.455. The number of benzene rings is 1. The van der Waals surface area contributed by atoms with E-state index in [0.717, 1.165) is 6.42 Å². The molecule has 3 nitrogen and oxygen atoms in total. The van der Waals surface area contributed by atoms with Crippen molar-refractivity contribution in [3.63, 3.8) is 0 Å². The Balaban J connectivity index is 3.07. The molecule has 0 aromatic heterocycles. The molecule has 1 rings (SSSR count). The highest BCUT2D eigenvalue weighted by Gasteiger charge is 2.23. The topological polar surface area (TPSA) is 37.4 Å². The summed E-state index contributed by atoms with van der Waals surface area (Å²) in [6.45, 7) is 2.93. The summed E-state index contributed by atoms with van der Waals surface area (Å²) < 4.78 is 26.1. The molecule has 0 saturated carbocycles. The molecule has 17 heavy (non-hydrogen) atoms. The third-order valence-corrected chi connectivity index (χ3v) is 4.73. The molecule has 0 heterocycles. The van der Waals surface area contributed by atoms with Crippen molar-refractivity contribution < 1.29 is 8.42 Å². The van der Waals surface area contributed by atoms with E-state index in [1.165, 1.54) is 10.4 Å². The summed E-state index contributed by atoms with van der Waals surface area (Å²) in [7, 11) is -3.43. The SMILES string of the molecule is CCCN(CCBr)S(=O)(=O)c1cccc(Cl)c1. The molecule has 0 radical (unpaired) electrons. The van der Waals surface area contributed by atoms with Crippen LogP contribution in [0.25, 0.3) is 0 Å². The van der Waals surface area contributed by atoms with E-state index in [4.69, 9.17) is 11.6 Å². The van der Waals surface area contributed by atoms with Crippen LogP contribution in [0.15, 0.2) is 29.2 Å². The maximum Gasteiger partial charge on any atom is 0.243 e. The van der Waals surface area contributed by atoms with Crippen LogP contribution in [0.3, 0.4) is 0 Å². The largest absolute Gasteiger partial charge is 0.243 e. The molecule has 0 saturated heterocycles. The average molecular weight is 341 g/mol. The van der Waals surface area contributed by atoms with E-state index in [9.17, 15) is 8.42 Å². The normalized spacial score (nSPS) is 12.0. The van der Waals surface area contributed by atoms with Gasteiger partial charge in [-0.1, -0.05) is 40.5 Å². The van der Waals surface area contributed by atoms with Gasteiger partial charge in [-0.15, -0.1) is 0 Å². The third kappa shape index (κ3) is 3.95. The zero-order valence-electron chi connectivity index (χ0n) is 9.57. The minimum absolute atomic E-state index is 0.249. The first kappa shape index (κ1) is 15.0. The van der Waals surface area contributed by atoms with Crippen LogP contribution >= 0.6 is 27.5 Å². The van der Waals surface area contributed by atoms with E-state index in [2.05, 4.69) is 15.9 Å². The van der Waals surface area contributed by atoms with E-state index in [1.54, 1.807) is 18.2 Å². The van der Waals surface area contributed by atoms with Crippen molar-refractivity contribution in [1.82, 2.24) is 4.31 Å². The minimum Gasteiger partial charge on any atom is -0.207 e. The van der Waals surface area contributed by atoms with Gasteiger partial charge in [0, 0.05) is 23.4 Å². The van der Waals surface area contributed by atoms with Gasteiger partial charge in [0.15, 0.2) is 0 Å². The summed E-state index contributed by atoms with van der Waals surface area (Å²) in [6.07, 6.45) is 0.785. The fourth-order valence-corrected chi connectivity index (χ4v) is 3.97. The summed E-state index contributed by atoms with van der Waals surface area (Å²) in [5.41, 5.74) is 0. The Morgan fingerprint density at radius 1 is 1.35 bits per heavy atom.